The summed E-state index contributed by atoms with van der Waals surface area (Å²) in [4.78, 5) is 27.8. The Hall–Kier alpha value is -2.57. The molecule has 7 heteroatoms. The van der Waals surface area contributed by atoms with Gasteiger partial charge in [0.25, 0.3) is 5.91 Å². The van der Waals surface area contributed by atoms with E-state index in [4.69, 9.17) is 16.3 Å². The molecule has 4 rings (SSSR count). The number of halogens is 1. The molecule has 1 atom stereocenters. The first-order chi connectivity index (χ1) is 15.5. The maximum atomic E-state index is 13.0. The smallest absolute Gasteiger partial charge is 0.255 e. The van der Waals surface area contributed by atoms with Crippen LogP contribution in [0.3, 0.4) is 0 Å². The van der Waals surface area contributed by atoms with E-state index in [1.165, 1.54) is 12.7 Å². The SMILES string of the molecule is COc1cc(NC(=O)C2CCCC2)c(Cl)cc1C(=O)N[C@H]1CCN(Cc2ccccc2)C1. The van der Waals surface area contributed by atoms with Gasteiger partial charge >= 0.3 is 0 Å². The molecule has 0 bridgehead atoms. The molecule has 2 aromatic carbocycles. The predicted octanol–water partition coefficient (Wildman–Crippen LogP) is 4.48. The molecule has 2 aromatic rings. The summed E-state index contributed by atoms with van der Waals surface area (Å²) in [6.45, 7) is 2.60. The second-order valence-electron chi connectivity index (χ2n) is 8.68. The van der Waals surface area contributed by atoms with Crippen molar-refractivity contribution < 1.29 is 14.3 Å². The van der Waals surface area contributed by atoms with Crippen LogP contribution < -0.4 is 15.4 Å². The van der Waals surface area contributed by atoms with Crippen molar-refractivity contribution in [3.8, 4) is 5.75 Å². The predicted molar refractivity (Wildman–Crippen MR) is 126 cm³/mol. The Bertz CT molecular complexity index is 960. The van der Waals surface area contributed by atoms with Gasteiger partial charge in [0.05, 0.1) is 23.4 Å². The number of carbonyl (C=O) groups excluding carboxylic acids is 2. The van der Waals surface area contributed by atoms with Crippen LogP contribution in [0.25, 0.3) is 0 Å². The van der Waals surface area contributed by atoms with Crippen LogP contribution in [-0.4, -0.2) is 43.0 Å². The third-order valence-corrected chi connectivity index (χ3v) is 6.69. The maximum absolute atomic E-state index is 13.0. The number of benzene rings is 2. The zero-order valence-electron chi connectivity index (χ0n) is 18.4. The standard InChI is InChI=1S/C25H30ClN3O3/c1-32-23-14-22(28-24(30)18-9-5-6-10-18)21(26)13-20(23)25(31)27-19-11-12-29(16-19)15-17-7-3-2-4-8-17/h2-4,7-8,13-14,18-19H,5-6,9-12,15-16H2,1H3,(H,27,31)(H,28,30)/t19-/m0/s1. The average molecular weight is 456 g/mol. The number of nitrogens with zero attached hydrogens (tertiary/aromatic N) is 1. The molecule has 2 fully saturated rings. The molecular weight excluding hydrogens is 426 g/mol. The van der Waals surface area contributed by atoms with E-state index in [2.05, 4.69) is 27.7 Å². The molecule has 1 heterocycles. The fourth-order valence-corrected chi connectivity index (χ4v) is 4.83. The third-order valence-electron chi connectivity index (χ3n) is 6.37. The van der Waals surface area contributed by atoms with E-state index in [1.807, 2.05) is 18.2 Å². The number of anilines is 1. The van der Waals surface area contributed by atoms with Crippen LogP contribution in [0.4, 0.5) is 5.69 Å². The third kappa shape index (κ3) is 5.43. The van der Waals surface area contributed by atoms with Crippen LogP contribution in [0, 0.1) is 5.92 Å². The van der Waals surface area contributed by atoms with Crippen LogP contribution >= 0.6 is 11.6 Å². The molecule has 1 saturated heterocycles. The monoisotopic (exact) mass is 455 g/mol. The minimum Gasteiger partial charge on any atom is -0.496 e. The lowest BCUT2D eigenvalue weighted by Gasteiger charge is -2.18. The molecular formula is C25H30ClN3O3. The molecule has 0 radical (unpaired) electrons. The number of likely N-dealkylation sites (tertiary alicyclic amines) is 1. The van der Waals surface area contributed by atoms with E-state index in [0.29, 0.717) is 22.0 Å². The molecule has 0 unspecified atom stereocenters. The lowest BCUT2D eigenvalue weighted by molar-refractivity contribution is -0.119. The molecule has 1 aliphatic carbocycles. The second kappa shape index (κ2) is 10.4. The molecule has 2 N–H and O–H groups in total. The number of rotatable bonds is 7. The van der Waals surface area contributed by atoms with Crippen molar-refractivity contribution in [2.75, 3.05) is 25.5 Å². The van der Waals surface area contributed by atoms with Crippen molar-refractivity contribution in [2.45, 2.75) is 44.7 Å². The number of ether oxygens (including phenoxy) is 1. The molecule has 2 amide bonds. The highest BCUT2D eigenvalue weighted by atomic mass is 35.5. The molecule has 1 aliphatic heterocycles. The minimum atomic E-state index is -0.219. The van der Waals surface area contributed by atoms with Gasteiger partial charge in [0.15, 0.2) is 0 Å². The highest BCUT2D eigenvalue weighted by Crippen LogP contribution is 2.33. The van der Waals surface area contributed by atoms with E-state index in [-0.39, 0.29) is 23.8 Å². The van der Waals surface area contributed by atoms with Crippen molar-refractivity contribution in [3.63, 3.8) is 0 Å². The normalized spacial score (nSPS) is 19.1. The zero-order chi connectivity index (χ0) is 22.5. The topological polar surface area (TPSA) is 70.7 Å². The molecule has 0 aromatic heterocycles. The van der Waals surface area contributed by atoms with Gasteiger partial charge in [0.1, 0.15) is 5.75 Å². The van der Waals surface area contributed by atoms with Crippen molar-refractivity contribution in [2.24, 2.45) is 5.92 Å². The Morgan fingerprint density at radius 2 is 1.88 bits per heavy atom. The van der Waals surface area contributed by atoms with Gasteiger partial charge in [-0.3, -0.25) is 14.5 Å². The van der Waals surface area contributed by atoms with Gasteiger partial charge in [-0.25, -0.2) is 0 Å². The highest BCUT2D eigenvalue weighted by molar-refractivity contribution is 6.34. The van der Waals surface area contributed by atoms with Crippen molar-refractivity contribution in [1.82, 2.24) is 10.2 Å². The Balaban J connectivity index is 1.38. The van der Waals surface area contributed by atoms with E-state index in [9.17, 15) is 9.59 Å². The van der Waals surface area contributed by atoms with Gasteiger partial charge in [-0.15, -0.1) is 0 Å². The van der Waals surface area contributed by atoms with Gasteiger partial charge in [0, 0.05) is 37.7 Å². The number of amides is 2. The first-order valence-corrected chi connectivity index (χ1v) is 11.7. The molecule has 1 saturated carbocycles. The second-order valence-corrected chi connectivity index (χ2v) is 9.09. The first-order valence-electron chi connectivity index (χ1n) is 11.3. The molecule has 0 spiro atoms. The number of nitrogens with one attached hydrogen (secondary N) is 2. The van der Waals surface area contributed by atoms with E-state index in [0.717, 1.165) is 51.7 Å². The zero-order valence-corrected chi connectivity index (χ0v) is 19.2. The first kappa shape index (κ1) is 22.6. The summed E-state index contributed by atoms with van der Waals surface area (Å²) in [7, 11) is 1.51. The van der Waals surface area contributed by atoms with Crippen LogP contribution in [0.2, 0.25) is 5.02 Å². The van der Waals surface area contributed by atoms with E-state index >= 15 is 0 Å². The minimum absolute atomic E-state index is 0.0203. The van der Waals surface area contributed by atoms with Gasteiger partial charge in [-0.05, 0) is 30.9 Å². The summed E-state index contributed by atoms with van der Waals surface area (Å²) in [5.74, 6) is 0.186. The summed E-state index contributed by atoms with van der Waals surface area (Å²) < 4.78 is 5.45. The summed E-state index contributed by atoms with van der Waals surface area (Å²) in [5.41, 5.74) is 2.12. The molecule has 6 nitrogen and oxygen atoms in total. The molecule has 2 aliphatic rings. The largest absolute Gasteiger partial charge is 0.496 e. The maximum Gasteiger partial charge on any atom is 0.255 e. The lowest BCUT2D eigenvalue weighted by Crippen LogP contribution is -2.37. The van der Waals surface area contributed by atoms with Crippen molar-refractivity contribution in [3.05, 3.63) is 58.6 Å². The Labute approximate surface area is 194 Å². The summed E-state index contributed by atoms with van der Waals surface area (Å²) in [5, 5.41) is 6.35. The van der Waals surface area contributed by atoms with E-state index < -0.39 is 0 Å². The van der Waals surface area contributed by atoms with Crippen LogP contribution in [0.15, 0.2) is 42.5 Å². The molecule has 170 valence electrons. The van der Waals surface area contributed by atoms with E-state index in [1.54, 1.807) is 12.1 Å². The van der Waals surface area contributed by atoms with Gasteiger partial charge in [0.2, 0.25) is 5.91 Å². The average Bonchev–Trinajstić information content (AvgIpc) is 3.48. The Morgan fingerprint density at radius 3 is 2.59 bits per heavy atom. The van der Waals surface area contributed by atoms with Crippen LogP contribution in [0.1, 0.15) is 48.0 Å². The Kier molecular flexibility index (Phi) is 7.33. The quantitative estimate of drug-likeness (QED) is 0.645. The highest BCUT2D eigenvalue weighted by Gasteiger charge is 2.27. The number of methoxy groups -OCH3 is 1. The fraction of sp³-hybridized carbons (Fsp3) is 0.440. The summed E-state index contributed by atoms with van der Waals surface area (Å²) in [6, 6.07) is 13.6. The van der Waals surface area contributed by atoms with Crippen molar-refractivity contribution in [1.29, 1.82) is 0 Å². The van der Waals surface area contributed by atoms with Gasteiger partial charge < -0.3 is 15.4 Å². The summed E-state index contributed by atoms with van der Waals surface area (Å²) in [6.07, 6.45) is 4.87. The number of carbonyl (C=O) groups is 2. The Morgan fingerprint density at radius 1 is 1.12 bits per heavy atom. The molecule has 32 heavy (non-hydrogen) atoms. The number of hydrogen-bond acceptors (Lipinski definition) is 4. The number of hydrogen-bond donors (Lipinski definition) is 2. The van der Waals surface area contributed by atoms with Crippen molar-refractivity contribution >= 4 is 29.1 Å². The van der Waals surface area contributed by atoms with Crippen LogP contribution in [0.5, 0.6) is 5.75 Å². The lowest BCUT2D eigenvalue weighted by atomic mass is 10.1. The summed E-state index contributed by atoms with van der Waals surface area (Å²) >= 11 is 6.42. The van der Waals surface area contributed by atoms with Gasteiger partial charge in [-0.2, -0.15) is 0 Å². The van der Waals surface area contributed by atoms with Crippen LogP contribution in [-0.2, 0) is 11.3 Å². The van der Waals surface area contributed by atoms with Gasteiger partial charge in [-0.1, -0.05) is 54.8 Å². The fourth-order valence-electron chi connectivity index (χ4n) is 4.62.